The van der Waals surface area contributed by atoms with E-state index in [0.717, 1.165) is 17.3 Å². The molecule has 3 unspecified atom stereocenters. The fourth-order valence-electron chi connectivity index (χ4n) is 3.09. The molecule has 0 saturated carbocycles. The van der Waals surface area contributed by atoms with Crippen LogP contribution < -0.4 is 11.1 Å². The number of carbonyl (C=O) groups is 3. The second-order valence-corrected chi connectivity index (χ2v) is 8.78. The Hall–Kier alpha value is -2.78. The third-order valence-electron chi connectivity index (χ3n) is 4.85. The number of benzene rings is 1. The Labute approximate surface area is 178 Å². The molecule has 159 valence electrons. The van der Waals surface area contributed by atoms with Gasteiger partial charge in [0, 0.05) is 13.0 Å². The summed E-state index contributed by atoms with van der Waals surface area (Å²) >= 11 is 0.998. The number of aliphatic hydroxyl groups is 1. The van der Waals surface area contributed by atoms with Crippen molar-refractivity contribution in [3.8, 4) is 0 Å². The third-order valence-corrected chi connectivity index (χ3v) is 6.39. The van der Waals surface area contributed by atoms with Crippen LogP contribution in [0.1, 0.15) is 18.2 Å². The molecule has 1 aromatic heterocycles. The first-order valence-electron chi connectivity index (χ1n) is 9.44. The van der Waals surface area contributed by atoms with Gasteiger partial charge >= 0.3 is 0 Å². The van der Waals surface area contributed by atoms with Gasteiger partial charge in [0.2, 0.25) is 5.91 Å². The topological polar surface area (TPSA) is 126 Å². The molecule has 30 heavy (non-hydrogen) atoms. The van der Waals surface area contributed by atoms with E-state index in [1.54, 1.807) is 19.1 Å². The maximum absolute atomic E-state index is 12.9. The van der Waals surface area contributed by atoms with Crippen LogP contribution in [0, 0.1) is 6.42 Å². The minimum atomic E-state index is -1.42. The van der Waals surface area contributed by atoms with Gasteiger partial charge in [-0.25, -0.2) is 0 Å². The van der Waals surface area contributed by atoms with E-state index in [2.05, 4.69) is 5.32 Å². The summed E-state index contributed by atoms with van der Waals surface area (Å²) in [6.45, 7) is 1.65. The molecular weight excluding hydrogens is 406 g/mol. The number of rotatable bonds is 8. The zero-order chi connectivity index (χ0) is 21.7. The molecule has 1 aliphatic rings. The summed E-state index contributed by atoms with van der Waals surface area (Å²) in [6.07, 6.45) is 1.93. The van der Waals surface area contributed by atoms with Crippen LogP contribution in [0.25, 0.3) is 0 Å². The van der Waals surface area contributed by atoms with Crippen LogP contribution in [-0.2, 0) is 27.3 Å². The molecule has 1 radical (unpaired) electrons. The zero-order valence-electron chi connectivity index (χ0n) is 16.5. The summed E-state index contributed by atoms with van der Waals surface area (Å²) < 4.78 is 4.05. The number of amides is 3. The van der Waals surface area contributed by atoms with Gasteiger partial charge in [-0.1, -0.05) is 30.3 Å². The Bertz CT molecular complexity index is 889. The summed E-state index contributed by atoms with van der Waals surface area (Å²) in [4.78, 5) is 38.8. The smallest absolute Gasteiger partial charge is 0.253 e. The lowest BCUT2D eigenvalue weighted by atomic mass is 10.1. The molecule has 1 aliphatic heterocycles. The number of thioether (sulfide) groups is 1. The number of hydrogen-bond acceptors (Lipinski definition) is 6. The quantitative estimate of drug-likeness (QED) is 0.570. The van der Waals surface area contributed by atoms with Gasteiger partial charge in [0.05, 0.1) is 12.8 Å². The summed E-state index contributed by atoms with van der Waals surface area (Å²) in [5.41, 5.74) is 6.44. The van der Waals surface area contributed by atoms with Crippen LogP contribution in [0.3, 0.4) is 0 Å². The van der Waals surface area contributed by atoms with Crippen LogP contribution in [-0.4, -0.2) is 50.5 Å². The number of carbonyl (C=O) groups excluding carboxylic acids is 3. The van der Waals surface area contributed by atoms with E-state index in [-0.39, 0.29) is 13.1 Å². The van der Waals surface area contributed by atoms with Crippen LogP contribution in [0.2, 0.25) is 0 Å². The molecular formula is C21H24N3O5S. The Morgan fingerprint density at radius 2 is 2.07 bits per heavy atom. The first-order chi connectivity index (χ1) is 14.3. The number of furan rings is 1. The van der Waals surface area contributed by atoms with Gasteiger partial charge < -0.3 is 25.5 Å². The van der Waals surface area contributed by atoms with Crippen molar-refractivity contribution < 1.29 is 23.9 Å². The highest BCUT2D eigenvalue weighted by atomic mass is 32.2. The lowest BCUT2D eigenvalue weighted by Crippen LogP contribution is -2.49. The summed E-state index contributed by atoms with van der Waals surface area (Å²) in [5.74, 6) is -1.20. The van der Waals surface area contributed by atoms with Crippen molar-refractivity contribution in [1.29, 1.82) is 0 Å². The largest absolute Gasteiger partial charge is 0.467 e. The summed E-state index contributed by atoms with van der Waals surface area (Å²) in [7, 11) is 0. The molecule has 1 fully saturated rings. The summed E-state index contributed by atoms with van der Waals surface area (Å²) in [6, 6.07) is 12.8. The minimum absolute atomic E-state index is 0.0685. The lowest BCUT2D eigenvalue weighted by molar-refractivity contribution is -0.143. The molecule has 4 N–H and O–H groups in total. The molecule has 0 bridgehead atoms. The van der Waals surface area contributed by atoms with Crippen molar-refractivity contribution in [2.75, 3.05) is 6.54 Å². The molecule has 8 nitrogen and oxygen atoms in total. The molecule has 2 aromatic rings. The predicted molar refractivity (Wildman–Crippen MR) is 112 cm³/mol. The highest BCUT2D eigenvalue weighted by Gasteiger charge is 2.51. The van der Waals surface area contributed by atoms with Crippen molar-refractivity contribution in [2.24, 2.45) is 5.73 Å². The number of nitrogens with one attached hydrogen (secondary N) is 1. The van der Waals surface area contributed by atoms with Gasteiger partial charge in [-0.15, -0.1) is 11.8 Å². The van der Waals surface area contributed by atoms with E-state index >= 15 is 0 Å². The fraction of sp³-hybridized carbons (Fsp3) is 0.333. The Kier molecular flexibility index (Phi) is 6.84. The standard InChI is InChI=1S/C21H24N3O5S/c1-21(20(22)28)13-24(18(27)16(25)10-9-14-6-3-2-4-7-14)19(30-21)17(26)23-12-15-8-5-11-29-15/h2-8,10-11,16,19,25H,9,12-13H2,1H3,(H2,22,28)(H,23,26). The van der Waals surface area contributed by atoms with E-state index in [9.17, 15) is 19.5 Å². The fourth-order valence-corrected chi connectivity index (χ4v) is 4.41. The van der Waals surface area contributed by atoms with Crippen LogP contribution in [0.5, 0.6) is 0 Å². The SMILES string of the molecule is CC1(C(N)=O)CN(C(=O)C(O)[CH]Cc2ccccc2)C(C(=O)NCc2ccco2)S1. The van der Waals surface area contributed by atoms with Crippen molar-refractivity contribution in [2.45, 2.75) is 36.1 Å². The number of primary amides is 1. The second kappa shape index (κ2) is 9.36. The number of aliphatic hydroxyl groups excluding tert-OH is 1. The Balaban J connectivity index is 1.68. The molecule has 3 rings (SSSR count). The minimum Gasteiger partial charge on any atom is -0.467 e. The molecule has 1 aromatic carbocycles. The molecule has 0 spiro atoms. The molecule has 9 heteroatoms. The third kappa shape index (κ3) is 5.03. The maximum atomic E-state index is 12.9. The normalized spacial score (nSPS) is 21.9. The number of hydrogen-bond donors (Lipinski definition) is 3. The monoisotopic (exact) mass is 430 g/mol. The molecule has 3 atom stereocenters. The van der Waals surface area contributed by atoms with Gasteiger partial charge in [0.15, 0.2) is 5.37 Å². The molecule has 3 amide bonds. The van der Waals surface area contributed by atoms with Gasteiger partial charge in [0.25, 0.3) is 11.8 Å². The van der Waals surface area contributed by atoms with E-state index in [1.165, 1.54) is 17.6 Å². The van der Waals surface area contributed by atoms with Crippen LogP contribution >= 0.6 is 11.8 Å². The van der Waals surface area contributed by atoms with Crippen molar-refractivity contribution in [3.05, 3.63) is 66.5 Å². The van der Waals surface area contributed by atoms with E-state index in [0.29, 0.717) is 12.2 Å². The van der Waals surface area contributed by atoms with Crippen molar-refractivity contribution in [3.63, 3.8) is 0 Å². The molecule has 1 saturated heterocycles. The first-order valence-corrected chi connectivity index (χ1v) is 10.3. The molecule has 2 heterocycles. The van der Waals surface area contributed by atoms with E-state index in [1.807, 2.05) is 30.3 Å². The highest BCUT2D eigenvalue weighted by Crippen LogP contribution is 2.40. The number of nitrogens with two attached hydrogens (primary N) is 1. The molecule has 0 aliphatic carbocycles. The Morgan fingerprint density at radius 3 is 2.70 bits per heavy atom. The van der Waals surface area contributed by atoms with Crippen LogP contribution in [0.4, 0.5) is 0 Å². The van der Waals surface area contributed by atoms with E-state index < -0.39 is 33.9 Å². The van der Waals surface area contributed by atoms with E-state index in [4.69, 9.17) is 10.2 Å². The van der Waals surface area contributed by atoms with Gasteiger partial charge in [-0.3, -0.25) is 14.4 Å². The van der Waals surface area contributed by atoms with Gasteiger partial charge in [-0.2, -0.15) is 0 Å². The van der Waals surface area contributed by atoms with Crippen LogP contribution in [0.15, 0.2) is 53.1 Å². The van der Waals surface area contributed by atoms with Gasteiger partial charge in [-0.05, 0) is 31.0 Å². The maximum Gasteiger partial charge on any atom is 0.253 e. The average molecular weight is 431 g/mol. The van der Waals surface area contributed by atoms with Crippen molar-refractivity contribution >= 4 is 29.5 Å². The van der Waals surface area contributed by atoms with Gasteiger partial charge in [0.1, 0.15) is 16.6 Å². The van der Waals surface area contributed by atoms with Crippen molar-refractivity contribution in [1.82, 2.24) is 10.2 Å². The average Bonchev–Trinajstić information content (AvgIpc) is 3.39. The summed E-state index contributed by atoms with van der Waals surface area (Å²) in [5, 5.41) is 12.1. The Morgan fingerprint density at radius 1 is 1.33 bits per heavy atom. The number of nitrogens with zero attached hydrogens (tertiary/aromatic N) is 1. The first kappa shape index (κ1) is 21.9. The highest BCUT2D eigenvalue weighted by molar-refractivity contribution is 8.02. The zero-order valence-corrected chi connectivity index (χ0v) is 17.3. The second-order valence-electron chi connectivity index (χ2n) is 7.20. The lowest BCUT2D eigenvalue weighted by Gasteiger charge is -2.25. The predicted octanol–water partition coefficient (Wildman–Crippen LogP) is 0.849.